The van der Waals surface area contributed by atoms with Crippen LogP contribution in [0.15, 0.2) is 80.1 Å². The smallest absolute Gasteiger partial charge is 0.338 e. The Balaban J connectivity index is 1.96. The van der Waals surface area contributed by atoms with Crippen LogP contribution in [0.4, 0.5) is 0 Å². The molecule has 0 amide bonds. The summed E-state index contributed by atoms with van der Waals surface area (Å²) < 4.78 is 8.39. The van der Waals surface area contributed by atoms with Crippen molar-refractivity contribution in [1.29, 1.82) is 0 Å². The van der Waals surface area contributed by atoms with Gasteiger partial charge >= 0.3 is 5.97 Å². The lowest BCUT2D eigenvalue weighted by Gasteiger charge is -2.24. The van der Waals surface area contributed by atoms with Gasteiger partial charge in [-0.05, 0) is 43.2 Å². The van der Waals surface area contributed by atoms with E-state index in [2.05, 4.69) is 20.9 Å². The van der Waals surface area contributed by atoms with Crippen LogP contribution >= 0.6 is 27.3 Å². The van der Waals surface area contributed by atoms with Gasteiger partial charge in [0.2, 0.25) is 0 Å². The van der Waals surface area contributed by atoms with E-state index in [4.69, 9.17) is 4.74 Å². The lowest BCUT2D eigenvalue weighted by atomic mass is 9.96. The van der Waals surface area contributed by atoms with Gasteiger partial charge in [-0.25, -0.2) is 9.79 Å². The number of halogens is 1. The SMILES string of the molecule is CCOC(=O)C1=C(C)N=c2sc(=Cc3ccccc3)c(=O)n2C1c1ccc(Br)cc1. The second kappa shape index (κ2) is 8.53. The summed E-state index contributed by atoms with van der Waals surface area (Å²) in [6.07, 6.45) is 1.85. The average Bonchev–Trinajstić information content (AvgIpc) is 3.03. The summed E-state index contributed by atoms with van der Waals surface area (Å²) >= 11 is 4.77. The molecule has 30 heavy (non-hydrogen) atoms. The monoisotopic (exact) mass is 482 g/mol. The first-order chi connectivity index (χ1) is 14.5. The Kier molecular flexibility index (Phi) is 5.83. The van der Waals surface area contributed by atoms with E-state index < -0.39 is 12.0 Å². The molecule has 0 fully saturated rings. The van der Waals surface area contributed by atoms with E-state index in [-0.39, 0.29) is 12.2 Å². The number of ether oxygens (including phenoxy) is 1. The van der Waals surface area contributed by atoms with Crippen LogP contribution in [0.25, 0.3) is 6.08 Å². The number of carbonyl (C=O) groups is 1. The quantitative estimate of drug-likeness (QED) is 0.534. The zero-order valence-corrected chi connectivity index (χ0v) is 18.9. The highest BCUT2D eigenvalue weighted by molar-refractivity contribution is 9.10. The Morgan fingerprint density at radius 3 is 2.57 bits per heavy atom. The largest absolute Gasteiger partial charge is 0.463 e. The Morgan fingerprint density at radius 1 is 1.20 bits per heavy atom. The molecule has 2 aromatic carbocycles. The number of thiazole rings is 1. The molecule has 1 aromatic heterocycles. The molecule has 0 saturated carbocycles. The maximum absolute atomic E-state index is 13.4. The minimum atomic E-state index is -0.591. The highest BCUT2D eigenvalue weighted by atomic mass is 79.9. The van der Waals surface area contributed by atoms with Crippen LogP contribution < -0.4 is 14.9 Å². The van der Waals surface area contributed by atoms with Crippen molar-refractivity contribution in [2.45, 2.75) is 19.9 Å². The lowest BCUT2D eigenvalue weighted by molar-refractivity contribution is -0.139. The number of nitrogens with zero attached hydrogens (tertiary/aromatic N) is 2. The molecule has 1 atom stereocenters. The molecule has 1 aliphatic heterocycles. The molecule has 152 valence electrons. The maximum Gasteiger partial charge on any atom is 0.338 e. The maximum atomic E-state index is 13.4. The van der Waals surface area contributed by atoms with Crippen LogP contribution in [0.5, 0.6) is 0 Å². The standard InChI is InChI=1S/C23H19BrN2O3S/c1-3-29-22(28)19-14(2)25-23-26(20(19)16-9-11-17(24)12-10-16)21(27)18(30-23)13-15-7-5-4-6-8-15/h4-13,20H,3H2,1-2H3. The second-order valence-corrected chi connectivity index (χ2v) is 8.69. The van der Waals surface area contributed by atoms with Gasteiger partial charge in [0.1, 0.15) is 0 Å². The molecule has 1 unspecified atom stereocenters. The average molecular weight is 483 g/mol. The molecule has 0 N–H and O–H groups in total. The van der Waals surface area contributed by atoms with Crippen LogP contribution in [0.2, 0.25) is 0 Å². The van der Waals surface area contributed by atoms with E-state index >= 15 is 0 Å². The van der Waals surface area contributed by atoms with Gasteiger partial charge in [-0.1, -0.05) is 69.7 Å². The van der Waals surface area contributed by atoms with Crippen LogP contribution in [0, 0.1) is 0 Å². The predicted octanol–water partition coefficient (Wildman–Crippen LogP) is 3.56. The number of aromatic nitrogens is 1. The Morgan fingerprint density at radius 2 is 1.90 bits per heavy atom. The second-order valence-electron chi connectivity index (χ2n) is 6.76. The molecule has 5 nitrogen and oxygen atoms in total. The number of hydrogen-bond acceptors (Lipinski definition) is 5. The van der Waals surface area contributed by atoms with E-state index in [1.54, 1.807) is 18.4 Å². The minimum absolute atomic E-state index is 0.176. The summed E-state index contributed by atoms with van der Waals surface area (Å²) in [5.41, 5.74) is 2.53. The molecule has 0 radical (unpaired) electrons. The highest BCUT2D eigenvalue weighted by Gasteiger charge is 2.33. The third-order valence-corrected chi connectivity index (χ3v) is 6.31. The summed E-state index contributed by atoms with van der Waals surface area (Å²) in [6, 6.07) is 16.7. The van der Waals surface area contributed by atoms with Crippen molar-refractivity contribution in [1.82, 2.24) is 4.57 Å². The van der Waals surface area contributed by atoms with Gasteiger partial charge in [0.25, 0.3) is 5.56 Å². The van der Waals surface area contributed by atoms with E-state index in [1.807, 2.05) is 60.7 Å². The number of esters is 1. The third-order valence-electron chi connectivity index (χ3n) is 4.80. The van der Waals surface area contributed by atoms with Crippen LogP contribution in [0.1, 0.15) is 31.0 Å². The van der Waals surface area contributed by atoms with Gasteiger partial charge in [-0.2, -0.15) is 0 Å². The van der Waals surface area contributed by atoms with Crippen molar-refractivity contribution in [2.24, 2.45) is 4.99 Å². The molecule has 0 spiro atoms. The summed E-state index contributed by atoms with van der Waals surface area (Å²) in [5, 5.41) is 0. The Labute approximate surface area is 185 Å². The molecule has 4 rings (SSSR count). The molecule has 2 heterocycles. The lowest BCUT2D eigenvalue weighted by Crippen LogP contribution is -2.39. The van der Waals surface area contributed by atoms with Crippen molar-refractivity contribution < 1.29 is 9.53 Å². The molecule has 3 aromatic rings. The van der Waals surface area contributed by atoms with Crippen LogP contribution in [0.3, 0.4) is 0 Å². The van der Waals surface area contributed by atoms with Crippen molar-refractivity contribution in [2.75, 3.05) is 6.61 Å². The van der Waals surface area contributed by atoms with E-state index in [0.29, 0.717) is 20.6 Å². The Hall–Kier alpha value is -2.77. The van der Waals surface area contributed by atoms with Gasteiger partial charge in [0.05, 0.1) is 28.5 Å². The van der Waals surface area contributed by atoms with Gasteiger partial charge in [-0.15, -0.1) is 0 Å². The summed E-state index contributed by atoms with van der Waals surface area (Å²) in [4.78, 5) is 31.4. The number of benzene rings is 2. The number of carbonyl (C=O) groups excluding carboxylic acids is 1. The topological polar surface area (TPSA) is 60.7 Å². The van der Waals surface area contributed by atoms with Crippen molar-refractivity contribution in [3.05, 3.63) is 101 Å². The van der Waals surface area contributed by atoms with Crippen molar-refractivity contribution in [3.63, 3.8) is 0 Å². The molecule has 0 aliphatic carbocycles. The highest BCUT2D eigenvalue weighted by Crippen LogP contribution is 2.31. The van der Waals surface area contributed by atoms with E-state index in [9.17, 15) is 9.59 Å². The zero-order chi connectivity index (χ0) is 21.3. The first kappa shape index (κ1) is 20.5. The fraction of sp³-hybridized carbons (Fsp3) is 0.174. The molecule has 7 heteroatoms. The Bertz CT molecular complexity index is 1310. The summed E-state index contributed by atoms with van der Waals surface area (Å²) in [6.45, 7) is 3.80. The van der Waals surface area contributed by atoms with Gasteiger partial charge in [-0.3, -0.25) is 9.36 Å². The van der Waals surface area contributed by atoms with E-state index in [1.165, 1.54) is 11.3 Å². The van der Waals surface area contributed by atoms with Gasteiger partial charge < -0.3 is 4.74 Å². The fourth-order valence-electron chi connectivity index (χ4n) is 3.45. The molecule has 0 bridgehead atoms. The minimum Gasteiger partial charge on any atom is -0.463 e. The third kappa shape index (κ3) is 3.82. The van der Waals surface area contributed by atoms with Gasteiger partial charge in [0.15, 0.2) is 4.80 Å². The molecule has 1 aliphatic rings. The number of hydrogen-bond donors (Lipinski definition) is 0. The van der Waals surface area contributed by atoms with Crippen LogP contribution in [-0.4, -0.2) is 17.1 Å². The first-order valence-electron chi connectivity index (χ1n) is 9.49. The number of fused-ring (bicyclic) bond motifs is 1. The predicted molar refractivity (Wildman–Crippen MR) is 121 cm³/mol. The number of rotatable bonds is 4. The summed E-state index contributed by atoms with van der Waals surface area (Å²) in [7, 11) is 0. The molecular weight excluding hydrogens is 464 g/mol. The van der Waals surface area contributed by atoms with E-state index in [0.717, 1.165) is 15.6 Å². The molecule has 0 saturated heterocycles. The van der Waals surface area contributed by atoms with Crippen molar-refractivity contribution in [3.8, 4) is 0 Å². The van der Waals surface area contributed by atoms with Crippen LogP contribution in [-0.2, 0) is 9.53 Å². The summed E-state index contributed by atoms with van der Waals surface area (Å²) in [5.74, 6) is -0.455. The number of allylic oxidation sites excluding steroid dienone is 1. The first-order valence-corrected chi connectivity index (χ1v) is 11.1. The molecular formula is C23H19BrN2O3S. The van der Waals surface area contributed by atoms with Crippen molar-refractivity contribution >= 4 is 39.3 Å². The zero-order valence-electron chi connectivity index (χ0n) is 16.5. The van der Waals surface area contributed by atoms with Gasteiger partial charge in [0, 0.05) is 4.47 Å². The normalized spacial score (nSPS) is 16.2. The fourth-order valence-corrected chi connectivity index (χ4v) is 4.76.